The number of hydrogen-bond acceptors (Lipinski definition) is 2. The lowest BCUT2D eigenvalue weighted by Crippen LogP contribution is -2.42. The molecule has 0 bridgehead atoms. The van der Waals surface area contributed by atoms with Gasteiger partial charge in [-0.05, 0) is 45.7 Å². The fourth-order valence-corrected chi connectivity index (χ4v) is 2.11. The van der Waals surface area contributed by atoms with Crippen LogP contribution in [0.1, 0.15) is 33.3 Å². The lowest BCUT2D eigenvalue weighted by Gasteiger charge is -2.22. The smallest absolute Gasteiger partial charge is 0.227 e. The van der Waals surface area contributed by atoms with E-state index in [0.717, 1.165) is 0 Å². The number of nitrogens with zero attached hydrogens (tertiary/aromatic N) is 1. The van der Waals surface area contributed by atoms with Crippen molar-refractivity contribution in [2.24, 2.45) is 10.4 Å². The molecule has 1 amide bonds. The number of rotatable bonds is 8. The van der Waals surface area contributed by atoms with Crippen molar-refractivity contribution >= 4 is 35.8 Å². The third-order valence-corrected chi connectivity index (χ3v) is 3.57. The van der Waals surface area contributed by atoms with E-state index in [-0.39, 0.29) is 35.7 Å². The Morgan fingerprint density at radius 2 is 1.76 bits per heavy atom. The molecular weight excluding hydrogens is 434 g/mol. The number of carbonyl (C=O) groups excluding carboxylic acids is 1. The summed E-state index contributed by atoms with van der Waals surface area (Å²) in [5, 5.41) is 9.14. The van der Waals surface area contributed by atoms with Gasteiger partial charge in [0.1, 0.15) is 5.82 Å². The zero-order chi connectivity index (χ0) is 18.0. The van der Waals surface area contributed by atoms with Gasteiger partial charge in [-0.25, -0.2) is 4.39 Å². The normalized spacial score (nSPS) is 11.5. The summed E-state index contributed by atoms with van der Waals surface area (Å²) in [7, 11) is 0. The highest BCUT2D eigenvalue weighted by atomic mass is 127. The summed E-state index contributed by atoms with van der Waals surface area (Å²) >= 11 is 0. The van der Waals surface area contributed by atoms with Gasteiger partial charge in [-0.15, -0.1) is 24.0 Å². The molecule has 1 aromatic carbocycles. The van der Waals surface area contributed by atoms with Gasteiger partial charge in [-0.1, -0.05) is 18.2 Å². The van der Waals surface area contributed by atoms with Crippen LogP contribution in [-0.2, 0) is 11.2 Å². The molecule has 0 unspecified atom stereocenters. The van der Waals surface area contributed by atoms with Gasteiger partial charge in [-0.2, -0.15) is 0 Å². The molecular formula is C18H30FIN4O. The van der Waals surface area contributed by atoms with E-state index >= 15 is 0 Å². The second-order valence-corrected chi connectivity index (χ2v) is 6.21. The van der Waals surface area contributed by atoms with Crippen LogP contribution in [0.2, 0.25) is 0 Å². The first-order valence-electron chi connectivity index (χ1n) is 8.44. The molecule has 0 aliphatic rings. The minimum atomic E-state index is -0.579. The van der Waals surface area contributed by atoms with Crippen LogP contribution < -0.4 is 16.0 Å². The zero-order valence-corrected chi connectivity index (χ0v) is 17.8. The maximum absolute atomic E-state index is 13.6. The van der Waals surface area contributed by atoms with E-state index in [1.54, 1.807) is 12.1 Å². The van der Waals surface area contributed by atoms with Crippen molar-refractivity contribution in [1.29, 1.82) is 0 Å². The highest BCUT2D eigenvalue weighted by Gasteiger charge is 2.26. The molecule has 5 nitrogen and oxygen atoms in total. The largest absolute Gasteiger partial charge is 0.357 e. The molecule has 3 N–H and O–H groups in total. The van der Waals surface area contributed by atoms with Crippen molar-refractivity contribution in [3.05, 3.63) is 35.6 Å². The topological polar surface area (TPSA) is 65.5 Å². The summed E-state index contributed by atoms with van der Waals surface area (Å²) in [6, 6.07) is 6.75. The van der Waals surface area contributed by atoms with E-state index in [9.17, 15) is 9.18 Å². The van der Waals surface area contributed by atoms with Crippen molar-refractivity contribution in [1.82, 2.24) is 16.0 Å². The first-order chi connectivity index (χ1) is 11.4. The molecule has 0 spiro atoms. The summed E-state index contributed by atoms with van der Waals surface area (Å²) < 4.78 is 13.6. The minimum Gasteiger partial charge on any atom is -0.357 e. The molecule has 0 aliphatic carbocycles. The van der Waals surface area contributed by atoms with Gasteiger partial charge < -0.3 is 16.0 Å². The van der Waals surface area contributed by atoms with Crippen LogP contribution in [0.15, 0.2) is 29.3 Å². The number of benzene rings is 1. The number of guanidine groups is 1. The van der Waals surface area contributed by atoms with Gasteiger partial charge in [0.15, 0.2) is 5.96 Å². The van der Waals surface area contributed by atoms with E-state index in [4.69, 9.17) is 0 Å². The van der Waals surface area contributed by atoms with Gasteiger partial charge >= 0.3 is 0 Å². The Kier molecular flexibility index (Phi) is 11.4. The predicted molar refractivity (Wildman–Crippen MR) is 112 cm³/mol. The van der Waals surface area contributed by atoms with Crippen molar-refractivity contribution in [2.45, 2.75) is 34.1 Å². The standard InChI is InChI=1S/C18H29FN4O.HI/c1-5-20-16(24)18(3,4)13-23-17(21-6-2)22-12-11-14-9-7-8-10-15(14)19;/h7-10H,5-6,11-13H2,1-4H3,(H,20,24)(H2,21,22,23);1H. The summed E-state index contributed by atoms with van der Waals surface area (Å²) in [6.45, 7) is 9.85. The van der Waals surface area contributed by atoms with Gasteiger partial charge in [0.05, 0.1) is 12.0 Å². The third-order valence-electron chi connectivity index (χ3n) is 3.57. The third kappa shape index (κ3) is 8.51. The number of hydrogen-bond donors (Lipinski definition) is 3. The molecule has 0 aliphatic heterocycles. The lowest BCUT2D eigenvalue weighted by molar-refractivity contribution is -0.128. The molecule has 0 heterocycles. The molecule has 25 heavy (non-hydrogen) atoms. The minimum absolute atomic E-state index is 0. The van der Waals surface area contributed by atoms with Crippen molar-refractivity contribution in [2.75, 3.05) is 26.2 Å². The van der Waals surface area contributed by atoms with Crippen LogP contribution in [0.4, 0.5) is 4.39 Å². The Morgan fingerprint density at radius 3 is 2.36 bits per heavy atom. The van der Waals surface area contributed by atoms with E-state index in [0.29, 0.717) is 44.1 Å². The molecule has 7 heteroatoms. The van der Waals surface area contributed by atoms with Crippen LogP contribution in [0.25, 0.3) is 0 Å². The van der Waals surface area contributed by atoms with Crippen LogP contribution in [0.3, 0.4) is 0 Å². The Hall–Kier alpha value is -1.38. The van der Waals surface area contributed by atoms with E-state index in [1.807, 2.05) is 33.8 Å². The average Bonchev–Trinajstić information content (AvgIpc) is 2.54. The molecule has 0 saturated carbocycles. The van der Waals surface area contributed by atoms with Crippen LogP contribution in [0.5, 0.6) is 0 Å². The highest BCUT2D eigenvalue weighted by Crippen LogP contribution is 2.15. The Balaban J connectivity index is 0.00000576. The second-order valence-electron chi connectivity index (χ2n) is 6.21. The van der Waals surface area contributed by atoms with Gasteiger partial charge in [-0.3, -0.25) is 9.79 Å². The van der Waals surface area contributed by atoms with Crippen molar-refractivity contribution in [3.63, 3.8) is 0 Å². The van der Waals surface area contributed by atoms with Crippen LogP contribution in [-0.4, -0.2) is 38.0 Å². The fourth-order valence-electron chi connectivity index (χ4n) is 2.11. The summed E-state index contributed by atoms with van der Waals surface area (Å²) in [6.07, 6.45) is 0.566. The molecule has 0 aromatic heterocycles. The predicted octanol–water partition coefficient (Wildman–Crippen LogP) is 2.70. The maximum Gasteiger partial charge on any atom is 0.227 e. The average molecular weight is 464 g/mol. The number of nitrogens with one attached hydrogen (secondary N) is 3. The van der Waals surface area contributed by atoms with Crippen LogP contribution in [0, 0.1) is 11.2 Å². The van der Waals surface area contributed by atoms with Gasteiger partial charge in [0, 0.05) is 19.6 Å². The fraction of sp³-hybridized carbons (Fsp3) is 0.556. The Morgan fingerprint density at radius 1 is 1.12 bits per heavy atom. The summed E-state index contributed by atoms with van der Waals surface area (Å²) in [5.41, 5.74) is 0.0904. The first kappa shape index (κ1) is 23.6. The zero-order valence-electron chi connectivity index (χ0n) is 15.5. The number of amides is 1. The Bertz CT molecular complexity index is 564. The quantitative estimate of drug-likeness (QED) is 0.315. The molecule has 0 fully saturated rings. The van der Waals surface area contributed by atoms with E-state index < -0.39 is 5.41 Å². The lowest BCUT2D eigenvalue weighted by atomic mass is 9.92. The molecule has 0 atom stereocenters. The molecule has 0 radical (unpaired) electrons. The maximum atomic E-state index is 13.6. The Labute approximate surface area is 167 Å². The number of aliphatic imine (C=N–C) groups is 1. The number of carbonyl (C=O) groups is 1. The second kappa shape index (κ2) is 12.1. The van der Waals surface area contributed by atoms with Gasteiger partial charge in [0.25, 0.3) is 0 Å². The highest BCUT2D eigenvalue weighted by molar-refractivity contribution is 14.0. The monoisotopic (exact) mass is 464 g/mol. The molecule has 0 saturated heterocycles. The van der Waals surface area contributed by atoms with Gasteiger partial charge in [0.2, 0.25) is 5.91 Å². The van der Waals surface area contributed by atoms with Crippen LogP contribution >= 0.6 is 24.0 Å². The summed E-state index contributed by atoms with van der Waals surface area (Å²) in [5.74, 6) is 0.417. The molecule has 1 rings (SSSR count). The molecule has 142 valence electrons. The van der Waals surface area contributed by atoms with E-state index in [1.165, 1.54) is 6.07 Å². The SMILES string of the molecule is CCNC(=O)C(C)(C)CN=C(NCC)NCCc1ccccc1F.I. The number of halogens is 2. The first-order valence-corrected chi connectivity index (χ1v) is 8.44. The van der Waals surface area contributed by atoms with E-state index in [2.05, 4.69) is 20.9 Å². The van der Waals surface area contributed by atoms with Crippen molar-refractivity contribution < 1.29 is 9.18 Å². The van der Waals surface area contributed by atoms with Crippen molar-refractivity contribution in [3.8, 4) is 0 Å². The summed E-state index contributed by atoms with van der Waals surface area (Å²) in [4.78, 5) is 16.5. The molecule has 1 aromatic rings.